The van der Waals surface area contributed by atoms with Crippen LogP contribution in [0.15, 0.2) is 17.5 Å². The molecule has 1 aliphatic rings. The maximum Gasteiger partial charge on any atom is 0.261 e. The number of amides is 2. The van der Waals surface area contributed by atoms with Crippen molar-refractivity contribution in [2.75, 3.05) is 19.6 Å². The molecule has 1 aromatic rings. The molecule has 110 valence electrons. The van der Waals surface area contributed by atoms with Crippen molar-refractivity contribution < 1.29 is 9.59 Å². The highest BCUT2D eigenvalue weighted by Gasteiger charge is 2.26. The van der Waals surface area contributed by atoms with Crippen LogP contribution in [-0.2, 0) is 4.79 Å². The highest BCUT2D eigenvalue weighted by atomic mass is 32.1. The van der Waals surface area contributed by atoms with Gasteiger partial charge in [0.2, 0.25) is 5.91 Å². The minimum atomic E-state index is -0.0861. The Labute approximate surface area is 124 Å². The van der Waals surface area contributed by atoms with E-state index in [4.69, 9.17) is 0 Å². The van der Waals surface area contributed by atoms with Gasteiger partial charge in [0.15, 0.2) is 0 Å². The van der Waals surface area contributed by atoms with Crippen molar-refractivity contribution in [2.45, 2.75) is 32.6 Å². The molecule has 0 aromatic carbocycles. The molecule has 0 aliphatic heterocycles. The summed E-state index contributed by atoms with van der Waals surface area (Å²) in [5.74, 6) is 0.786. The van der Waals surface area contributed by atoms with Crippen LogP contribution in [0, 0.1) is 5.92 Å². The molecular formula is C15H22N2O2S. The summed E-state index contributed by atoms with van der Waals surface area (Å²) in [6.45, 7) is 4.23. The van der Waals surface area contributed by atoms with Gasteiger partial charge in [-0.15, -0.1) is 11.3 Å². The first-order valence-electron chi connectivity index (χ1n) is 7.30. The van der Waals surface area contributed by atoms with Crippen LogP contribution in [0.25, 0.3) is 0 Å². The first-order chi connectivity index (χ1) is 9.70. The molecule has 1 aromatic heterocycles. The van der Waals surface area contributed by atoms with Gasteiger partial charge in [0, 0.05) is 26.1 Å². The number of carbonyl (C=O) groups excluding carboxylic acids is 2. The quantitative estimate of drug-likeness (QED) is 0.801. The molecule has 0 unspecified atom stereocenters. The lowest BCUT2D eigenvalue weighted by atomic mass is 10.3. The van der Waals surface area contributed by atoms with E-state index in [2.05, 4.69) is 12.2 Å². The average molecular weight is 294 g/mol. The van der Waals surface area contributed by atoms with E-state index in [0.717, 1.165) is 19.5 Å². The molecule has 0 bridgehead atoms. The van der Waals surface area contributed by atoms with Crippen LogP contribution in [0.5, 0.6) is 0 Å². The Morgan fingerprint density at radius 1 is 1.45 bits per heavy atom. The van der Waals surface area contributed by atoms with Gasteiger partial charge in [-0.25, -0.2) is 0 Å². The Balaban J connectivity index is 1.71. The smallest absolute Gasteiger partial charge is 0.261 e. The maximum atomic E-state index is 12.1. The largest absolute Gasteiger partial charge is 0.351 e. The fourth-order valence-electron chi connectivity index (χ4n) is 2.14. The molecule has 20 heavy (non-hydrogen) atoms. The van der Waals surface area contributed by atoms with Crippen LogP contribution in [0.2, 0.25) is 0 Å². The van der Waals surface area contributed by atoms with Gasteiger partial charge in [-0.3, -0.25) is 9.59 Å². The van der Waals surface area contributed by atoms with E-state index in [1.54, 1.807) is 6.07 Å². The summed E-state index contributed by atoms with van der Waals surface area (Å²) in [6.07, 6.45) is 3.88. The number of nitrogens with zero attached hydrogens (tertiary/aromatic N) is 1. The van der Waals surface area contributed by atoms with E-state index in [0.29, 0.717) is 23.8 Å². The molecule has 4 nitrogen and oxygen atoms in total. The molecule has 5 heteroatoms. The molecule has 0 radical (unpaired) electrons. The van der Waals surface area contributed by atoms with Gasteiger partial charge in [0.05, 0.1) is 4.88 Å². The average Bonchev–Trinajstić information content (AvgIpc) is 3.07. The predicted molar refractivity (Wildman–Crippen MR) is 80.9 cm³/mol. The molecule has 1 fully saturated rings. The lowest BCUT2D eigenvalue weighted by molar-refractivity contribution is -0.131. The highest BCUT2D eigenvalue weighted by Crippen LogP contribution is 2.29. The minimum absolute atomic E-state index is 0.0861. The SMILES string of the molecule is CCCN(CC1CC1)C(=O)CCNC(=O)c1cccs1. The fourth-order valence-corrected chi connectivity index (χ4v) is 2.78. The monoisotopic (exact) mass is 294 g/mol. The summed E-state index contributed by atoms with van der Waals surface area (Å²) in [5, 5.41) is 4.68. The molecule has 0 spiro atoms. The Bertz CT molecular complexity index is 441. The van der Waals surface area contributed by atoms with E-state index in [1.807, 2.05) is 16.3 Å². The molecule has 1 N–H and O–H groups in total. The third kappa shape index (κ3) is 4.63. The van der Waals surface area contributed by atoms with Crippen molar-refractivity contribution >= 4 is 23.2 Å². The lowest BCUT2D eigenvalue weighted by Crippen LogP contribution is -2.36. The summed E-state index contributed by atoms with van der Waals surface area (Å²) < 4.78 is 0. The Kier molecular flexibility index (Phi) is 5.59. The van der Waals surface area contributed by atoms with Crippen LogP contribution >= 0.6 is 11.3 Å². The molecule has 2 amide bonds. The van der Waals surface area contributed by atoms with Gasteiger partial charge < -0.3 is 10.2 Å². The summed E-state index contributed by atoms with van der Waals surface area (Å²) >= 11 is 1.41. The predicted octanol–water partition coefficient (Wildman–Crippen LogP) is 2.52. The van der Waals surface area contributed by atoms with Crippen molar-refractivity contribution in [3.05, 3.63) is 22.4 Å². The third-order valence-electron chi connectivity index (χ3n) is 3.39. The standard InChI is InChI=1S/C15H22N2O2S/c1-2-9-17(11-12-5-6-12)14(18)7-8-16-15(19)13-4-3-10-20-13/h3-4,10,12H,2,5-9,11H2,1H3,(H,16,19). The summed E-state index contributed by atoms with van der Waals surface area (Å²) in [7, 11) is 0. The molecule has 2 rings (SSSR count). The van der Waals surface area contributed by atoms with E-state index >= 15 is 0 Å². The highest BCUT2D eigenvalue weighted by molar-refractivity contribution is 7.12. The van der Waals surface area contributed by atoms with Gasteiger partial charge in [0.1, 0.15) is 0 Å². The van der Waals surface area contributed by atoms with Crippen LogP contribution < -0.4 is 5.32 Å². The molecule has 0 saturated heterocycles. The van der Waals surface area contributed by atoms with Crippen molar-refractivity contribution in [1.29, 1.82) is 0 Å². The molecule has 1 heterocycles. The molecule has 0 atom stereocenters. The van der Waals surface area contributed by atoms with E-state index < -0.39 is 0 Å². The Morgan fingerprint density at radius 2 is 2.25 bits per heavy atom. The first-order valence-corrected chi connectivity index (χ1v) is 8.18. The Hall–Kier alpha value is -1.36. The number of carbonyl (C=O) groups is 2. The lowest BCUT2D eigenvalue weighted by Gasteiger charge is -2.22. The van der Waals surface area contributed by atoms with Crippen LogP contribution in [-0.4, -0.2) is 36.3 Å². The zero-order valence-corrected chi connectivity index (χ0v) is 12.7. The number of thiophene rings is 1. The van der Waals surface area contributed by atoms with Crippen LogP contribution in [0.3, 0.4) is 0 Å². The van der Waals surface area contributed by atoms with Gasteiger partial charge in [-0.2, -0.15) is 0 Å². The van der Waals surface area contributed by atoms with E-state index in [9.17, 15) is 9.59 Å². The topological polar surface area (TPSA) is 49.4 Å². The second-order valence-corrected chi connectivity index (χ2v) is 6.21. The van der Waals surface area contributed by atoms with E-state index in [-0.39, 0.29) is 11.8 Å². The normalized spacial score (nSPS) is 14.1. The van der Waals surface area contributed by atoms with Crippen molar-refractivity contribution in [2.24, 2.45) is 5.92 Å². The van der Waals surface area contributed by atoms with Crippen molar-refractivity contribution in [1.82, 2.24) is 10.2 Å². The zero-order chi connectivity index (χ0) is 14.4. The minimum Gasteiger partial charge on any atom is -0.351 e. The summed E-state index contributed by atoms with van der Waals surface area (Å²) in [4.78, 5) is 26.5. The number of rotatable bonds is 8. The third-order valence-corrected chi connectivity index (χ3v) is 4.26. The number of nitrogens with one attached hydrogen (secondary N) is 1. The summed E-state index contributed by atoms with van der Waals surface area (Å²) in [6, 6.07) is 3.64. The Morgan fingerprint density at radius 3 is 2.85 bits per heavy atom. The van der Waals surface area contributed by atoms with Gasteiger partial charge in [-0.05, 0) is 36.6 Å². The molecule has 1 saturated carbocycles. The van der Waals surface area contributed by atoms with Crippen LogP contribution in [0.4, 0.5) is 0 Å². The van der Waals surface area contributed by atoms with Gasteiger partial charge >= 0.3 is 0 Å². The molecular weight excluding hydrogens is 272 g/mol. The fraction of sp³-hybridized carbons (Fsp3) is 0.600. The zero-order valence-electron chi connectivity index (χ0n) is 11.9. The van der Waals surface area contributed by atoms with Crippen LogP contribution in [0.1, 0.15) is 42.3 Å². The van der Waals surface area contributed by atoms with Gasteiger partial charge in [-0.1, -0.05) is 13.0 Å². The first kappa shape index (κ1) is 15.0. The van der Waals surface area contributed by atoms with Crippen molar-refractivity contribution in [3.8, 4) is 0 Å². The second-order valence-electron chi connectivity index (χ2n) is 5.27. The van der Waals surface area contributed by atoms with Crippen molar-refractivity contribution in [3.63, 3.8) is 0 Å². The molecule has 1 aliphatic carbocycles. The number of hydrogen-bond donors (Lipinski definition) is 1. The van der Waals surface area contributed by atoms with E-state index in [1.165, 1.54) is 24.2 Å². The van der Waals surface area contributed by atoms with Gasteiger partial charge in [0.25, 0.3) is 5.91 Å². The summed E-state index contributed by atoms with van der Waals surface area (Å²) in [5.41, 5.74) is 0. The second kappa shape index (κ2) is 7.43. The maximum absolute atomic E-state index is 12.1. The number of hydrogen-bond acceptors (Lipinski definition) is 3.